The SMILES string of the molecule is Nc1ccc(-c2cc(Cl)ccc2F)cc1O. The Bertz CT molecular complexity index is 543. The number of anilines is 1. The predicted octanol–water partition coefficient (Wildman–Crippen LogP) is 3.43. The van der Waals surface area contributed by atoms with Crippen LogP contribution in [0.4, 0.5) is 10.1 Å². The minimum atomic E-state index is -0.395. The van der Waals surface area contributed by atoms with E-state index in [2.05, 4.69) is 0 Å². The molecule has 0 heterocycles. The molecule has 0 aliphatic rings. The molecule has 16 heavy (non-hydrogen) atoms. The molecule has 2 nitrogen and oxygen atoms in total. The van der Waals surface area contributed by atoms with Crippen molar-refractivity contribution in [2.45, 2.75) is 0 Å². The molecule has 0 aliphatic carbocycles. The Labute approximate surface area is 97.1 Å². The first-order chi connectivity index (χ1) is 7.58. The highest BCUT2D eigenvalue weighted by Crippen LogP contribution is 2.30. The largest absolute Gasteiger partial charge is 0.506 e. The van der Waals surface area contributed by atoms with Gasteiger partial charge in [-0.2, -0.15) is 0 Å². The third kappa shape index (κ3) is 1.95. The molecular weight excluding hydrogens is 229 g/mol. The molecule has 0 atom stereocenters. The van der Waals surface area contributed by atoms with E-state index in [4.69, 9.17) is 17.3 Å². The molecule has 2 rings (SSSR count). The topological polar surface area (TPSA) is 46.2 Å². The first kappa shape index (κ1) is 10.8. The molecule has 0 radical (unpaired) electrons. The molecule has 0 saturated carbocycles. The average Bonchev–Trinajstić information content (AvgIpc) is 2.26. The number of phenolic OH excluding ortho intramolecular Hbond substituents is 1. The number of hydrogen-bond donors (Lipinski definition) is 2. The summed E-state index contributed by atoms with van der Waals surface area (Å²) in [4.78, 5) is 0. The second-order valence-corrected chi connectivity index (χ2v) is 3.83. The van der Waals surface area contributed by atoms with Gasteiger partial charge in [0, 0.05) is 10.6 Å². The van der Waals surface area contributed by atoms with Crippen molar-refractivity contribution in [3.8, 4) is 16.9 Å². The van der Waals surface area contributed by atoms with Crippen LogP contribution in [0.2, 0.25) is 5.02 Å². The van der Waals surface area contributed by atoms with E-state index >= 15 is 0 Å². The third-order valence-electron chi connectivity index (χ3n) is 2.27. The summed E-state index contributed by atoms with van der Waals surface area (Å²) in [7, 11) is 0. The summed E-state index contributed by atoms with van der Waals surface area (Å²) in [6, 6.07) is 8.81. The summed E-state index contributed by atoms with van der Waals surface area (Å²) in [5, 5.41) is 9.88. The highest BCUT2D eigenvalue weighted by Gasteiger charge is 2.07. The number of rotatable bonds is 1. The van der Waals surface area contributed by atoms with E-state index in [1.165, 1.54) is 30.3 Å². The van der Waals surface area contributed by atoms with E-state index in [0.29, 0.717) is 16.1 Å². The number of nitrogen functional groups attached to an aromatic ring is 1. The third-order valence-corrected chi connectivity index (χ3v) is 2.50. The van der Waals surface area contributed by atoms with Crippen molar-refractivity contribution in [3.63, 3.8) is 0 Å². The van der Waals surface area contributed by atoms with Crippen molar-refractivity contribution in [3.05, 3.63) is 47.2 Å². The van der Waals surface area contributed by atoms with E-state index in [9.17, 15) is 9.50 Å². The first-order valence-corrected chi connectivity index (χ1v) is 4.99. The van der Waals surface area contributed by atoms with Crippen molar-refractivity contribution in [2.75, 3.05) is 5.73 Å². The van der Waals surface area contributed by atoms with Gasteiger partial charge < -0.3 is 10.8 Å². The standard InChI is InChI=1S/C12H9ClFNO/c13-8-2-3-10(14)9(6-8)7-1-4-11(15)12(16)5-7/h1-6,16H,15H2. The summed E-state index contributed by atoms with van der Waals surface area (Å²) >= 11 is 5.78. The number of halogens is 2. The molecule has 3 N–H and O–H groups in total. The molecule has 0 unspecified atom stereocenters. The fourth-order valence-electron chi connectivity index (χ4n) is 1.43. The highest BCUT2D eigenvalue weighted by atomic mass is 35.5. The van der Waals surface area contributed by atoms with Gasteiger partial charge in [0.25, 0.3) is 0 Å². The number of nitrogens with two attached hydrogens (primary N) is 1. The molecule has 0 aromatic heterocycles. The average molecular weight is 238 g/mol. The Morgan fingerprint density at radius 2 is 1.88 bits per heavy atom. The van der Waals surface area contributed by atoms with Crippen LogP contribution in [0.3, 0.4) is 0 Å². The van der Waals surface area contributed by atoms with E-state index in [-0.39, 0.29) is 11.4 Å². The fraction of sp³-hybridized carbons (Fsp3) is 0. The van der Waals surface area contributed by atoms with Gasteiger partial charge in [0.15, 0.2) is 0 Å². The van der Waals surface area contributed by atoms with Gasteiger partial charge in [0.05, 0.1) is 5.69 Å². The molecule has 4 heteroatoms. The van der Waals surface area contributed by atoms with E-state index < -0.39 is 5.82 Å². The monoisotopic (exact) mass is 237 g/mol. The van der Waals surface area contributed by atoms with Crippen molar-refractivity contribution in [1.82, 2.24) is 0 Å². The van der Waals surface area contributed by atoms with Gasteiger partial charge in [0.2, 0.25) is 0 Å². The minimum Gasteiger partial charge on any atom is -0.506 e. The molecule has 82 valence electrons. The maximum absolute atomic E-state index is 13.5. The maximum Gasteiger partial charge on any atom is 0.139 e. The zero-order valence-corrected chi connectivity index (χ0v) is 9.00. The lowest BCUT2D eigenvalue weighted by Gasteiger charge is -2.06. The van der Waals surface area contributed by atoms with Gasteiger partial charge in [-0.3, -0.25) is 0 Å². The van der Waals surface area contributed by atoms with E-state index in [1.54, 1.807) is 6.07 Å². The Hall–Kier alpha value is -1.74. The summed E-state index contributed by atoms with van der Waals surface area (Å²) in [5.41, 5.74) is 6.59. The van der Waals surface area contributed by atoms with Crippen LogP contribution in [0.25, 0.3) is 11.1 Å². The highest BCUT2D eigenvalue weighted by molar-refractivity contribution is 6.30. The van der Waals surface area contributed by atoms with Gasteiger partial charge in [0.1, 0.15) is 11.6 Å². The van der Waals surface area contributed by atoms with Crippen molar-refractivity contribution in [1.29, 1.82) is 0 Å². The van der Waals surface area contributed by atoms with Crippen LogP contribution in [-0.4, -0.2) is 5.11 Å². The van der Waals surface area contributed by atoms with Gasteiger partial charge in [-0.1, -0.05) is 17.7 Å². The second-order valence-electron chi connectivity index (χ2n) is 3.40. The number of benzene rings is 2. The second kappa shape index (κ2) is 4.02. The number of aromatic hydroxyl groups is 1. The number of phenols is 1. The lowest BCUT2D eigenvalue weighted by Crippen LogP contribution is -1.88. The Kier molecular flexibility index (Phi) is 2.71. The van der Waals surface area contributed by atoms with E-state index in [0.717, 1.165) is 0 Å². The molecule has 0 amide bonds. The molecule has 0 spiro atoms. The van der Waals surface area contributed by atoms with Crippen molar-refractivity contribution in [2.24, 2.45) is 0 Å². The van der Waals surface area contributed by atoms with Crippen LogP contribution in [0, 0.1) is 5.82 Å². The van der Waals surface area contributed by atoms with Crippen molar-refractivity contribution >= 4 is 17.3 Å². The molecule has 2 aromatic rings. The molecule has 0 bridgehead atoms. The molecule has 0 aliphatic heterocycles. The van der Waals surface area contributed by atoms with Crippen LogP contribution in [0.1, 0.15) is 0 Å². The summed E-state index contributed by atoms with van der Waals surface area (Å²) in [6.07, 6.45) is 0. The molecule has 0 saturated heterocycles. The normalized spacial score (nSPS) is 10.4. The smallest absolute Gasteiger partial charge is 0.139 e. The summed E-state index contributed by atoms with van der Waals surface area (Å²) in [5.74, 6) is -0.467. The predicted molar refractivity (Wildman–Crippen MR) is 62.9 cm³/mol. The van der Waals surface area contributed by atoms with Gasteiger partial charge >= 0.3 is 0 Å². The Morgan fingerprint density at radius 3 is 2.56 bits per heavy atom. The lowest BCUT2D eigenvalue weighted by molar-refractivity contribution is 0.478. The number of hydrogen-bond acceptors (Lipinski definition) is 2. The summed E-state index contributed by atoms with van der Waals surface area (Å²) < 4.78 is 13.5. The zero-order valence-electron chi connectivity index (χ0n) is 8.24. The molecule has 0 fully saturated rings. The van der Waals surface area contributed by atoms with Crippen LogP contribution in [0.5, 0.6) is 5.75 Å². The zero-order chi connectivity index (χ0) is 11.7. The first-order valence-electron chi connectivity index (χ1n) is 4.62. The Morgan fingerprint density at radius 1 is 1.12 bits per heavy atom. The fourth-order valence-corrected chi connectivity index (χ4v) is 1.60. The van der Waals surface area contributed by atoms with Crippen LogP contribution in [0.15, 0.2) is 36.4 Å². The molecule has 2 aromatic carbocycles. The van der Waals surface area contributed by atoms with Crippen LogP contribution < -0.4 is 5.73 Å². The summed E-state index contributed by atoms with van der Waals surface area (Å²) in [6.45, 7) is 0. The van der Waals surface area contributed by atoms with E-state index in [1.807, 2.05) is 0 Å². The van der Waals surface area contributed by atoms with Crippen LogP contribution in [-0.2, 0) is 0 Å². The lowest BCUT2D eigenvalue weighted by atomic mass is 10.0. The van der Waals surface area contributed by atoms with Gasteiger partial charge in [-0.25, -0.2) is 4.39 Å². The van der Waals surface area contributed by atoms with Gasteiger partial charge in [-0.05, 0) is 35.9 Å². The molecular formula is C12H9ClFNO. The minimum absolute atomic E-state index is 0.0723. The maximum atomic E-state index is 13.5. The quantitative estimate of drug-likeness (QED) is 0.590. The van der Waals surface area contributed by atoms with Crippen LogP contribution >= 0.6 is 11.6 Å². The van der Waals surface area contributed by atoms with Crippen molar-refractivity contribution < 1.29 is 9.50 Å². The van der Waals surface area contributed by atoms with Gasteiger partial charge in [-0.15, -0.1) is 0 Å². The Balaban J connectivity index is 2.58.